The molecule has 2 heterocycles. The monoisotopic (exact) mass is 325 g/mol. The summed E-state index contributed by atoms with van der Waals surface area (Å²) >= 11 is 0. The fourth-order valence-corrected chi connectivity index (χ4v) is 3.01. The Morgan fingerprint density at radius 1 is 1.29 bits per heavy atom. The van der Waals surface area contributed by atoms with Crippen molar-refractivity contribution in [1.29, 1.82) is 0 Å². The molecule has 1 N–H and O–H groups in total. The topological polar surface area (TPSA) is 70.8 Å². The zero-order chi connectivity index (χ0) is 17.3. The maximum absolute atomic E-state index is 12.8. The number of aliphatic hydroxyl groups is 1. The number of allylic oxidation sites excluding steroid dienone is 1. The minimum atomic E-state index is -1.83. The number of hydrogen-bond donors (Lipinski definition) is 1. The average molecular weight is 325 g/mol. The van der Waals surface area contributed by atoms with Crippen molar-refractivity contribution in [2.75, 3.05) is 4.90 Å². The predicted octanol–water partition coefficient (Wildman–Crippen LogP) is 2.89. The van der Waals surface area contributed by atoms with Gasteiger partial charge in [0.2, 0.25) is 0 Å². The van der Waals surface area contributed by atoms with Gasteiger partial charge in [0, 0.05) is 11.6 Å². The Kier molecular flexibility index (Phi) is 4.11. The standard InChI is InChI=1S/C19H19NO4/c1-13(2)20-17-8-4-3-7-16(17)19(23,18(20)22)12-14(21)9-10-15-6-5-11-24-15/h3-11,13,23H,12H2,1-2H3/b10-9+. The van der Waals surface area contributed by atoms with Gasteiger partial charge in [0.15, 0.2) is 11.4 Å². The number of fused-ring (bicyclic) bond motifs is 1. The number of benzene rings is 1. The lowest BCUT2D eigenvalue weighted by Crippen LogP contribution is -2.44. The van der Waals surface area contributed by atoms with Crippen molar-refractivity contribution in [3.63, 3.8) is 0 Å². The first-order valence-electron chi connectivity index (χ1n) is 7.83. The fourth-order valence-electron chi connectivity index (χ4n) is 3.01. The molecule has 0 aliphatic carbocycles. The third-order valence-corrected chi connectivity index (χ3v) is 4.10. The summed E-state index contributed by atoms with van der Waals surface area (Å²) in [6.45, 7) is 3.75. The number of carbonyl (C=O) groups excluding carboxylic acids is 2. The number of para-hydroxylation sites is 1. The zero-order valence-corrected chi connectivity index (χ0v) is 13.6. The molecule has 1 aliphatic rings. The highest BCUT2D eigenvalue weighted by atomic mass is 16.3. The molecule has 3 rings (SSSR count). The van der Waals surface area contributed by atoms with E-state index in [1.165, 1.54) is 18.4 Å². The lowest BCUT2D eigenvalue weighted by Gasteiger charge is -2.25. The molecule has 5 nitrogen and oxygen atoms in total. The van der Waals surface area contributed by atoms with Crippen molar-refractivity contribution in [1.82, 2.24) is 0 Å². The van der Waals surface area contributed by atoms with Gasteiger partial charge in [0.05, 0.1) is 18.4 Å². The molecule has 0 spiro atoms. The second-order valence-corrected chi connectivity index (χ2v) is 6.14. The molecule has 1 amide bonds. The van der Waals surface area contributed by atoms with Gasteiger partial charge in [0.25, 0.3) is 5.91 Å². The van der Waals surface area contributed by atoms with Gasteiger partial charge in [-0.2, -0.15) is 0 Å². The molecule has 2 aromatic rings. The Labute approximate surface area is 140 Å². The van der Waals surface area contributed by atoms with Crippen molar-refractivity contribution in [2.24, 2.45) is 0 Å². The van der Waals surface area contributed by atoms with Crippen LogP contribution < -0.4 is 4.90 Å². The Bertz CT molecular complexity index is 791. The summed E-state index contributed by atoms with van der Waals surface area (Å²) in [6, 6.07) is 10.4. The zero-order valence-electron chi connectivity index (χ0n) is 13.6. The van der Waals surface area contributed by atoms with Crippen LogP contribution in [-0.4, -0.2) is 22.8 Å². The first-order chi connectivity index (χ1) is 11.4. The highest BCUT2D eigenvalue weighted by Gasteiger charge is 2.51. The van der Waals surface area contributed by atoms with E-state index in [4.69, 9.17) is 4.42 Å². The van der Waals surface area contributed by atoms with E-state index >= 15 is 0 Å². The van der Waals surface area contributed by atoms with Gasteiger partial charge in [-0.3, -0.25) is 9.59 Å². The maximum atomic E-state index is 12.8. The van der Waals surface area contributed by atoms with Crippen LogP contribution in [-0.2, 0) is 15.2 Å². The number of amides is 1. The van der Waals surface area contributed by atoms with Crippen LogP contribution in [0.2, 0.25) is 0 Å². The summed E-state index contributed by atoms with van der Waals surface area (Å²) in [6.07, 6.45) is 4.06. The van der Waals surface area contributed by atoms with Crippen LogP contribution in [0.4, 0.5) is 5.69 Å². The summed E-state index contributed by atoms with van der Waals surface area (Å²) in [4.78, 5) is 26.6. The minimum absolute atomic E-state index is 0.110. The van der Waals surface area contributed by atoms with E-state index in [9.17, 15) is 14.7 Å². The van der Waals surface area contributed by atoms with E-state index in [-0.39, 0.29) is 18.2 Å². The molecule has 1 atom stereocenters. The average Bonchev–Trinajstić information content (AvgIpc) is 3.12. The van der Waals surface area contributed by atoms with Gasteiger partial charge in [-0.15, -0.1) is 0 Å². The molecule has 1 aromatic carbocycles. The minimum Gasteiger partial charge on any atom is -0.465 e. The van der Waals surface area contributed by atoms with Crippen LogP contribution in [0.15, 0.2) is 53.2 Å². The van der Waals surface area contributed by atoms with Crippen LogP contribution in [0.25, 0.3) is 6.08 Å². The van der Waals surface area contributed by atoms with Crippen LogP contribution >= 0.6 is 0 Å². The molecule has 1 unspecified atom stereocenters. The van der Waals surface area contributed by atoms with Crippen LogP contribution in [0.3, 0.4) is 0 Å². The van der Waals surface area contributed by atoms with Gasteiger partial charge in [-0.1, -0.05) is 18.2 Å². The van der Waals surface area contributed by atoms with Crippen LogP contribution in [0, 0.1) is 0 Å². The van der Waals surface area contributed by atoms with E-state index in [1.54, 1.807) is 35.2 Å². The van der Waals surface area contributed by atoms with Crippen molar-refractivity contribution >= 4 is 23.5 Å². The molecule has 0 bridgehead atoms. The molecule has 124 valence electrons. The molecule has 0 radical (unpaired) electrons. The molecule has 24 heavy (non-hydrogen) atoms. The smallest absolute Gasteiger partial charge is 0.264 e. The highest BCUT2D eigenvalue weighted by molar-refractivity contribution is 6.10. The summed E-state index contributed by atoms with van der Waals surface area (Å²) in [5.74, 6) is -0.265. The molecule has 0 saturated carbocycles. The largest absolute Gasteiger partial charge is 0.465 e. The van der Waals surface area contributed by atoms with E-state index in [1.807, 2.05) is 19.9 Å². The Morgan fingerprint density at radius 2 is 2.04 bits per heavy atom. The van der Waals surface area contributed by atoms with Crippen LogP contribution in [0.5, 0.6) is 0 Å². The van der Waals surface area contributed by atoms with Gasteiger partial charge >= 0.3 is 0 Å². The van der Waals surface area contributed by atoms with Crippen molar-refractivity contribution in [3.05, 3.63) is 60.1 Å². The Balaban J connectivity index is 1.89. The van der Waals surface area contributed by atoms with Crippen LogP contribution in [0.1, 0.15) is 31.6 Å². The summed E-state index contributed by atoms with van der Waals surface area (Å²) < 4.78 is 5.13. The summed E-state index contributed by atoms with van der Waals surface area (Å²) in [5.41, 5.74) is -0.697. The summed E-state index contributed by atoms with van der Waals surface area (Å²) in [7, 11) is 0. The van der Waals surface area contributed by atoms with E-state index in [0.29, 0.717) is 17.0 Å². The molecule has 5 heteroatoms. The van der Waals surface area contributed by atoms with Gasteiger partial charge < -0.3 is 14.4 Å². The fraction of sp³-hybridized carbons (Fsp3) is 0.263. The molecule has 1 aromatic heterocycles. The van der Waals surface area contributed by atoms with Gasteiger partial charge in [-0.05, 0) is 44.2 Å². The van der Waals surface area contributed by atoms with E-state index < -0.39 is 11.5 Å². The number of anilines is 1. The van der Waals surface area contributed by atoms with Crippen molar-refractivity contribution in [3.8, 4) is 0 Å². The number of carbonyl (C=O) groups is 2. The maximum Gasteiger partial charge on any atom is 0.264 e. The third kappa shape index (κ3) is 2.67. The Morgan fingerprint density at radius 3 is 2.71 bits per heavy atom. The predicted molar refractivity (Wildman–Crippen MR) is 90.3 cm³/mol. The summed E-state index contributed by atoms with van der Waals surface area (Å²) in [5, 5.41) is 11.0. The van der Waals surface area contributed by atoms with E-state index in [0.717, 1.165) is 0 Å². The lowest BCUT2D eigenvalue weighted by atomic mass is 9.90. The lowest BCUT2D eigenvalue weighted by molar-refractivity contribution is -0.140. The Hall–Kier alpha value is -2.66. The first-order valence-corrected chi connectivity index (χ1v) is 7.83. The number of hydrogen-bond acceptors (Lipinski definition) is 4. The van der Waals surface area contributed by atoms with Crippen molar-refractivity contribution in [2.45, 2.75) is 31.9 Å². The van der Waals surface area contributed by atoms with Gasteiger partial charge in [0.1, 0.15) is 5.76 Å². The second-order valence-electron chi connectivity index (χ2n) is 6.14. The molecular formula is C19H19NO4. The number of rotatable bonds is 5. The number of furan rings is 1. The second kappa shape index (κ2) is 6.09. The molecule has 0 fully saturated rings. The number of ketones is 1. The SMILES string of the molecule is CC(C)N1C(=O)C(O)(CC(=O)/C=C/c2ccco2)c2ccccc21. The highest BCUT2D eigenvalue weighted by Crippen LogP contribution is 2.43. The van der Waals surface area contributed by atoms with E-state index in [2.05, 4.69) is 0 Å². The normalized spacial score (nSPS) is 20.2. The third-order valence-electron chi connectivity index (χ3n) is 4.10. The van der Waals surface area contributed by atoms with Crippen molar-refractivity contribution < 1.29 is 19.1 Å². The molecule has 1 aliphatic heterocycles. The molecule has 0 saturated heterocycles. The molecular weight excluding hydrogens is 306 g/mol. The first kappa shape index (κ1) is 16.2. The number of nitrogens with zero attached hydrogens (tertiary/aromatic N) is 1. The quantitative estimate of drug-likeness (QED) is 0.858. The van der Waals surface area contributed by atoms with Gasteiger partial charge in [-0.25, -0.2) is 0 Å².